The highest BCUT2D eigenvalue weighted by Crippen LogP contribution is 2.36. The third-order valence-electron chi connectivity index (χ3n) is 5.35. The first kappa shape index (κ1) is 25.0. The lowest BCUT2D eigenvalue weighted by atomic mass is 10.0. The number of sulfone groups is 1. The molecule has 1 atom stereocenters. The van der Waals surface area contributed by atoms with Crippen molar-refractivity contribution in [3.8, 4) is 0 Å². The number of aromatic nitrogens is 1. The number of alkyl halides is 6. The number of pyridine rings is 1. The van der Waals surface area contributed by atoms with E-state index in [9.17, 15) is 39.6 Å². The van der Waals surface area contributed by atoms with Crippen LogP contribution in [-0.4, -0.2) is 43.3 Å². The van der Waals surface area contributed by atoms with E-state index in [1.807, 2.05) is 0 Å². The molecular formula is C20H18F6N2O4S. The first-order valence-electron chi connectivity index (χ1n) is 9.42. The number of nitrogens with zero attached hydrogens (tertiary/aromatic N) is 2. The molecule has 0 N–H and O–H groups in total. The SMILES string of the molecule is CC(C)(C1CN(c2ccc(C(F)(F)F)cn2)C(=O)CO1)S(=O)(=O)c1cccc(C(F)(F)F)c1. The van der Waals surface area contributed by atoms with E-state index in [1.54, 1.807) is 0 Å². The zero-order chi connectivity index (χ0) is 24.8. The van der Waals surface area contributed by atoms with Crippen LogP contribution in [0.4, 0.5) is 32.2 Å². The van der Waals surface area contributed by atoms with Crippen LogP contribution in [0.5, 0.6) is 0 Å². The van der Waals surface area contributed by atoms with E-state index in [0.29, 0.717) is 12.3 Å². The maximum atomic E-state index is 13.2. The zero-order valence-corrected chi connectivity index (χ0v) is 18.1. The van der Waals surface area contributed by atoms with Gasteiger partial charge in [0.05, 0.1) is 33.4 Å². The summed E-state index contributed by atoms with van der Waals surface area (Å²) in [6.45, 7) is 1.50. The monoisotopic (exact) mass is 496 g/mol. The first-order chi connectivity index (χ1) is 15.0. The average Bonchev–Trinajstić information content (AvgIpc) is 2.73. The Kier molecular flexibility index (Phi) is 6.26. The zero-order valence-electron chi connectivity index (χ0n) is 17.2. The van der Waals surface area contributed by atoms with E-state index in [1.165, 1.54) is 13.8 Å². The van der Waals surface area contributed by atoms with E-state index >= 15 is 0 Å². The molecule has 1 amide bonds. The predicted molar refractivity (Wildman–Crippen MR) is 104 cm³/mol. The van der Waals surface area contributed by atoms with E-state index in [2.05, 4.69) is 4.98 Å². The summed E-state index contributed by atoms with van der Waals surface area (Å²) in [6, 6.07) is 4.94. The van der Waals surface area contributed by atoms with E-state index in [0.717, 1.165) is 35.2 Å². The van der Waals surface area contributed by atoms with Gasteiger partial charge in [0.15, 0.2) is 9.84 Å². The van der Waals surface area contributed by atoms with Gasteiger partial charge in [0.2, 0.25) is 0 Å². The fourth-order valence-corrected chi connectivity index (χ4v) is 4.88. The first-order valence-corrected chi connectivity index (χ1v) is 10.9. The Morgan fingerprint density at radius 3 is 2.18 bits per heavy atom. The summed E-state index contributed by atoms with van der Waals surface area (Å²) >= 11 is 0. The molecule has 1 aromatic carbocycles. The summed E-state index contributed by atoms with van der Waals surface area (Å²) in [7, 11) is -4.40. The Morgan fingerprint density at radius 1 is 1.00 bits per heavy atom. The molecule has 0 aliphatic carbocycles. The molecule has 2 aromatic rings. The number of carbonyl (C=O) groups is 1. The maximum Gasteiger partial charge on any atom is 0.417 e. The summed E-state index contributed by atoms with van der Waals surface area (Å²) in [6.07, 6.45) is -10.1. The van der Waals surface area contributed by atoms with Crippen molar-refractivity contribution in [2.45, 2.75) is 41.9 Å². The predicted octanol–water partition coefficient (Wildman–Crippen LogP) is 4.10. The van der Waals surface area contributed by atoms with Crippen molar-refractivity contribution in [2.75, 3.05) is 18.1 Å². The Hall–Kier alpha value is -2.67. The van der Waals surface area contributed by atoms with Gasteiger partial charge >= 0.3 is 12.4 Å². The standard InChI is InChI=1S/C20H18F6N2O4S/c1-18(2,33(30,31)14-5-3-4-12(8-14)19(21,22)23)15-10-28(17(29)11-32-15)16-7-6-13(9-27-16)20(24,25)26/h3-9,15H,10-11H2,1-2H3. The van der Waals surface area contributed by atoms with Crippen LogP contribution >= 0.6 is 0 Å². The minimum Gasteiger partial charge on any atom is -0.365 e. The van der Waals surface area contributed by atoms with E-state index < -0.39 is 61.6 Å². The van der Waals surface area contributed by atoms with Gasteiger partial charge in [-0.3, -0.25) is 9.69 Å². The third-order valence-corrected chi connectivity index (χ3v) is 7.87. The van der Waals surface area contributed by atoms with Crippen LogP contribution < -0.4 is 4.90 Å². The van der Waals surface area contributed by atoms with Crippen molar-refractivity contribution < 1.29 is 44.3 Å². The molecule has 1 aliphatic rings. The highest BCUT2D eigenvalue weighted by atomic mass is 32.2. The number of rotatable bonds is 4. The summed E-state index contributed by atoms with van der Waals surface area (Å²) < 4.78 is 107. The number of hydrogen-bond acceptors (Lipinski definition) is 5. The number of morpholine rings is 1. The van der Waals surface area contributed by atoms with Crippen LogP contribution in [0.1, 0.15) is 25.0 Å². The van der Waals surface area contributed by atoms with Crippen molar-refractivity contribution in [1.82, 2.24) is 4.98 Å². The minimum absolute atomic E-state index is 0.145. The quantitative estimate of drug-likeness (QED) is 0.596. The Bertz CT molecular complexity index is 1140. The number of halogens is 6. The normalized spacial score (nSPS) is 18.5. The number of anilines is 1. The van der Waals surface area contributed by atoms with Crippen molar-refractivity contribution in [1.29, 1.82) is 0 Å². The average molecular weight is 496 g/mol. The Morgan fingerprint density at radius 2 is 1.64 bits per heavy atom. The molecule has 0 saturated carbocycles. The summed E-state index contributed by atoms with van der Waals surface area (Å²) in [5.41, 5.74) is -2.18. The second-order valence-corrected chi connectivity index (χ2v) is 10.4. The van der Waals surface area contributed by atoms with E-state index in [4.69, 9.17) is 4.74 Å². The molecule has 1 aliphatic heterocycles. The number of ether oxygens (including phenoxy) is 1. The molecule has 6 nitrogen and oxygen atoms in total. The lowest BCUT2D eigenvalue weighted by molar-refractivity contribution is -0.138. The topological polar surface area (TPSA) is 76.6 Å². The fraction of sp³-hybridized carbons (Fsp3) is 0.400. The Labute approximate surface area is 185 Å². The number of benzene rings is 1. The minimum atomic E-state index is -4.76. The van der Waals surface area contributed by atoms with Gasteiger partial charge in [0.25, 0.3) is 5.91 Å². The van der Waals surface area contributed by atoms with Crippen molar-refractivity contribution in [2.24, 2.45) is 0 Å². The van der Waals surface area contributed by atoms with Gasteiger partial charge in [-0.2, -0.15) is 26.3 Å². The van der Waals surface area contributed by atoms with Gasteiger partial charge in [-0.05, 0) is 44.2 Å². The van der Waals surface area contributed by atoms with Crippen LogP contribution in [0.25, 0.3) is 0 Å². The van der Waals surface area contributed by atoms with E-state index in [-0.39, 0.29) is 12.4 Å². The second kappa shape index (κ2) is 8.28. The lowest BCUT2D eigenvalue weighted by Gasteiger charge is -2.40. The maximum absolute atomic E-state index is 13.2. The van der Waals surface area contributed by atoms with Crippen LogP contribution in [0.2, 0.25) is 0 Å². The number of carbonyl (C=O) groups excluding carboxylic acids is 1. The van der Waals surface area contributed by atoms with Crippen LogP contribution in [-0.2, 0) is 31.7 Å². The van der Waals surface area contributed by atoms with Gasteiger partial charge in [-0.25, -0.2) is 13.4 Å². The van der Waals surface area contributed by atoms with Gasteiger partial charge in [0, 0.05) is 6.20 Å². The fourth-order valence-electron chi connectivity index (χ4n) is 3.24. The molecule has 3 rings (SSSR count). The molecule has 13 heteroatoms. The van der Waals surface area contributed by atoms with Crippen molar-refractivity contribution in [3.05, 3.63) is 53.7 Å². The molecule has 1 aromatic heterocycles. The molecule has 0 bridgehead atoms. The van der Waals surface area contributed by atoms with Crippen molar-refractivity contribution >= 4 is 21.6 Å². The molecule has 0 spiro atoms. The molecule has 2 heterocycles. The van der Waals surface area contributed by atoms with Gasteiger partial charge in [-0.15, -0.1) is 0 Å². The molecule has 1 unspecified atom stereocenters. The van der Waals surface area contributed by atoms with Gasteiger partial charge in [-0.1, -0.05) is 6.07 Å². The molecule has 1 fully saturated rings. The van der Waals surface area contributed by atoms with Crippen LogP contribution in [0.3, 0.4) is 0 Å². The number of hydrogen-bond donors (Lipinski definition) is 0. The smallest absolute Gasteiger partial charge is 0.365 e. The summed E-state index contributed by atoms with van der Waals surface area (Å²) in [5.74, 6) is -0.806. The molecule has 0 radical (unpaired) electrons. The van der Waals surface area contributed by atoms with Crippen LogP contribution in [0, 0.1) is 0 Å². The van der Waals surface area contributed by atoms with Gasteiger partial charge in [0.1, 0.15) is 12.4 Å². The third kappa shape index (κ3) is 4.83. The highest BCUT2D eigenvalue weighted by molar-refractivity contribution is 7.92. The molecule has 1 saturated heterocycles. The largest absolute Gasteiger partial charge is 0.417 e. The highest BCUT2D eigenvalue weighted by Gasteiger charge is 2.48. The van der Waals surface area contributed by atoms with Gasteiger partial charge < -0.3 is 4.74 Å². The summed E-state index contributed by atoms with van der Waals surface area (Å²) in [4.78, 5) is 16.3. The summed E-state index contributed by atoms with van der Waals surface area (Å²) in [5, 5.41) is 0. The number of amides is 1. The molecule has 180 valence electrons. The molecular weight excluding hydrogens is 478 g/mol. The van der Waals surface area contributed by atoms with Crippen molar-refractivity contribution in [3.63, 3.8) is 0 Å². The molecule has 33 heavy (non-hydrogen) atoms. The lowest BCUT2D eigenvalue weighted by Crippen LogP contribution is -2.57. The second-order valence-electron chi connectivity index (χ2n) is 7.84. The van der Waals surface area contributed by atoms with Crippen LogP contribution in [0.15, 0.2) is 47.5 Å². The Balaban J connectivity index is 1.91.